The minimum atomic E-state index is -4.33. The third-order valence-electron chi connectivity index (χ3n) is 6.03. The van der Waals surface area contributed by atoms with Crippen LogP contribution >= 0.6 is 0 Å². The molecule has 0 aliphatic heterocycles. The van der Waals surface area contributed by atoms with E-state index in [9.17, 15) is 13.2 Å². The van der Waals surface area contributed by atoms with Crippen LogP contribution < -0.4 is 0 Å². The minimum absolute atomic E-state index is 0.559. The highest BCUT2D eigenvalue weighted by Crippen LogP contribution is 2.29. The molecule has 0 saturated carbocycles. The van der Waals surface area contributed by atoms with Crippen LogP contribution in [0.1, 0.15) is 61.3 Å². The van der Waals surface area contributed by atoms with Crippen molar-refractivity contribution in [2.45, 2.75) is 51.6 Å². The van der Waals surface area contributed by atoms with Gasteiger partial charge in [0.15, 0.2) is 0 Å². The second kappa shape index (κ2) is 10.1. The molecule has 0 saturated heterocycles. The van der Waals surface area contributed by atoms with E-state index in [0.29, 0.717) is 5.56 Å². The van der Waals surface area contributed by atoms with Crippen LogP contribution in [0.4, 0.5) is 13.2 Å². The Morgan fingerprint density at radius 1 is 0.636 bits per heavy atom. The topological polar surface area (TPSA) is 0 Å². The van der Waals surface area contributed by atoms with Crippen molar-refractivity contribution in [3.05, 3.63) is 95.1 Å². The molecule has 168 valence electrons. The van der Waals surface area contributed by atoms with Crippen molar-refractivity contribution < 1.29 is 13.2 Å². The Balaban J connectivity index is 1.52. The van der Waals surface area contributed by atoms with E-state index in [1.807, 2.05) is 12.1 Å². The van der Waals surface area contributed by atoms with E-state index in [1.54, 1.807) is 0 Å². The van der Waals surface area contributed by atoms with Gasteiger partial charge in [0.25, 0.3) is 0 Å². The SMILES string of the molecule is CCCCCCCc1ccc2c(ccc3cc(C#Cc4ccc(C(F)(F)F)cc4)ccc32)c1. The molecule has 3 heteroatoms. The molecule has 0 nitrogen and oxygen atoms in total. The van der Waals surface area contributed by atoms with Gasteiger partial charge in [-0.15, -0.1) is 0 Å². The quantitative estimate of drug-likeness (QED) is 0.158. The first-order valence-electron chi connectivity index (χ1n) is 11.6. The van der Waals surface area contributed by atoms with Crippen LogP contribution in [0.3, 0.4) is 0 Å². The molecule has 33 heavy (non-hydrogen) atoms. The molecule has 0 bridgehead atoms. The molecule has 0 amide bonds. The van der Waals surface area contributed by atoms with Crippen LogP contribution in [-0.2, 0) is 12.6 Å². The third kappa shape index (κ3) is 5.76. The molecular formula is C30H27F3. The van der Waals surface area contributed by atoms with E-state index in [-0.39, 0.29) is 0 Å². The molecule has 0 atom stereocenters. The standard InChI is InChI=1S/C30H27F3/c1-2-3-4-5-6-7-23-12-18-28-25(20-23)14-15-26-21-24(13-19-29(26)28)9-8-22-10-16-27(17-11-22)30(31,32)33/h10-21H,2-7H2,1H3. The Morgan fingerprint density at radius 3 is 1.94 bits per heavy atom. The summed E-state index contributed by atoms with van der Waals surface area (Å²) < 4.78 is 38.1. The van der Waals surface area contributed by atoms with E-state index >= 15 is 0 Å². The molecule has 4 rings (SSSR count). The van der Waals surface area contributed by atoms with E-state index in [1.165, 1.54) is 66.0 Å². The molecule has 0 aliphatic carbocycles. The van der Waals surface area contributed by atoms with E-state index in [0.717, 1.165) is 29.5 Å². The second-order valence-electron chi connectivity index (χ2n) is 8.55. The van der Waals surface area contributed by atoms with Crippen molar-refractivity contribution in [2.75, 3.05) is 0 Å². The number of hydrogen-bond acceptors (Lipinski definition) is 0. The van der Waals surface area contributed by atoms with Crippen LogP contribution in [-0.4, -0.2) is 0 Å². The van der Waals surface area contributed by atoms with E-state index < -0.39 is 11.7 Å². The first kappa shape index (κ1) is 22.9. The van der Waals surface area contributed by atoms with Crippen LogP contribution in [0.5, 0.6) is 0 Å². The number of aryl methyl sites for hydroxylation is 1. The average molecular weight is 445 g/mol. The van der Waals surface area contributed by atoms with E-state index in [2.05, 4.69) is 55.2 Å². The van der Waals surface area contributed by atoms with Crippen molar-refractivity contribution >= 4 is 21.5 Å². The smallest absolute Gasteiger partial charge is 0.166 e. The summed E-state index contributed by atoms with van der Waals surface area (Å²) in [6, 6.07) is 22.1. The van der Waals surface area contributed by atoms with Crippen LogP contribution in [0, 0.1) is 11.8 Å². The molecule has 0 aromatic heterocycles. The summed E-state index contributed by atoms with van der Waals surface area (Å²) in [4.78, 5) is 0. The maximum absolute atomic E-state index is 12.7. The van der Waals surface area contributed by atoms with Crippen molar-refractivity contribution in [2.24, 2.45) is 0 Å². The second-order valence-corrected chi connectivity index (χ2v) is 8.55. The first-order chi connectivity index (χ1) is 15.9. The van der Waals surface area contributed by atoms with Gasteiger partial charge < -0.3 is 0 Å². The predicted octanol–water partition coefficient (Wildman–Crippen LogP) is 8.92. The molecule has 0 spiro atoms. The number of benzene rings is 4. The van der Waals surface area contributed by atoms with Crippen molar-refractivity contribution in [1.82, 2.24) is 0 Å². The summed E-state index contributed by atoms with van der Waals surface area (Å²) in [6.45, 7) is 2.24. The third-order valence-corrected chi connectivity index (χ3v) is 6.03. The highest BCUT2D eigenvalue weighted by molar-refractivity contribution is 6.07. The normalized spacial score (nSPS) is 11.5. The maximum Gasteiger partial charge on any atom is 0.416 e. The molecule has 0 radical (unpaired) electrons. The summed E-state index contributed by atoms with van der Waals surface area (Å²) >= 11 is 0. The fourth-order valence-corrected chi connectivity index (χ4v) is 4.17. The van der Waals surface area contributed by atoms with Crippen molar-refractivity contribution in [3.63, 3.8) is 0 Å². The lowest BCUT2D eigenvalue weighted by Gasteiger charge is -2.08. The lowest BCUT2D eigenvalue weighted by atomic mass is 9.97. The van der Waals surface area contributed by atoms with Gasteiger partial charge in [0.1, 0.15) is 0 Å². The lowest BCUT2D eigenvalue weighted by molar-refractivity contribution is -0.137. The zero-order valence-electron chi connectivity index (χ0n) is 18.8. The number of unbranched alkanes of at least 4 members (excludes halogenated alkanes) is 4. The van der Waals surface area contributed by atoms with Gasteiger partial charge >= 0.3 is 6.18 Å². The molecule has 4 aromatic carbocycles. The highest BCUT2D eigenvalue weighted by Gasteiger charge is 2.29. The average Bonchev–Trinajstić information content (AvgIpc) is 2.82. The number of hydrogen-bond donors (Lipinski definition) is 0. The van der Waals surface area contributed by atoms with Crippen LogP contribution in [0.25, 0.3) is 21.5 Å². The van der Waals surface area contributed by atoms with Crippen LogP contribution in [0.15, 0.2) is 72.8 Å². The van der Waals surface area contributed by atoms with Crippen molar-refractivity contribution in [1.29, 1.82) is 0 Å². The van der Waals surface area contributed by atoms with Gasteiger partial charge in [-0.1, -0.05) is 80.8 Å². The Kier molecular flexibility index (Phi) is 7.04. The number of halogens is 3. The summed E-state index contributed by atoms with van der Waals surface area (Å²) in [5.41, 5.74) is 2.12. The Labute approximate surface area is 193 Å². The van der Waals surface area contributed by atoms with Gasteiger partial charge in [-0.3, -0.25) is 0 Å². The highest BCUT2D eigenvalue weighted by atomic mass is 19.4. The van der Waals surface area contributed by atoms with Gasteiger partial charge in [0.05, 0.1) is 5.56 Å². The van der Waals surface area contributed by atoms with Crippen molar-refractivity contribution in [3.8, 4) is 11.8 Å². The molecule has 0 unspecified atom stereocenters. The first-order valence-corrected chi connectivity index (χ1v) is 11.6. The Morgan fingerprint density at radius 2 is 1.24 bits per heavy atom. The van der Waals surface area contributed by atoms with Gasteiger partial charge in [-0.25, -0.2) is 0 Å². The Bertz CT molecular complexity index is 1300. The monoisotopic (exact) mass is 444 g/mol. The summed E-state index contributed by atoms with van der Waals surface area (Å²) in [6.07, 6.45) is 3.23. The zero-order valence-corrected chi connectivity index (χ0v) is 18.8. The fraction of sp³-hybridized carbons (Fsp3) is 0.267. The van der Waals surface area contributed by atoms with Gasteiger partial charge in [-0.2, -0.15) is 13.2 Å². The molecule has 4 aromatic rings. The molecular weight excluding hydrogens is 417 g/mol. The maximum atomic E-state index is 12.7. The number of rotatable bonds is 6. The fourth-order valence-electron chi connectivity index (χ4n) is 4.17. The molecule has 0 N–H and O–H groups in total. The summed E-state index contributed by atoms with van der Waals surface area (Å²) in [5, 5.41) is 4.76. The molecule has 0 aliphatic rings. The molecule has 0 fully saturated rings. The lowest BCUT2D eigenvalue weighted by Crippen LogP contribution is -2.04. The molecule has 0 heterocycles. The minimum Gasteiger partial charge on any atom is -0.166 e. The van der Waals surface area contributed by atoms with E-state index in [4.69, 9.17) is 0 Å². The Hall–Kier alpha value is -3.25. The van der Waals surface area contributed by atoms with Gasteiger partial charge in [-0.05, 0) is 76.3 Å². The van der Waals surface area contributed by atoms with Gasteiger partial charge in [0, 0.05) is 11.1 Å². The largest absolute Gasteiger partial charge is 0.416 e. The van der Waals surface area contributed by atoms with Crippen LogP contribution in [0.2, 0.25) is 0 Å². The summed E-state index contributed by atoms with van der Waals surface area (Å²) in [5.74, 6) is 6.04. The van der Waals surface area contributed by atoms with Gasteiger partial charge in [0.2, 0.25) is 0 Å². The number of alkyl halides is 3. The number of fused-ring (bicyclic) bond motifs is 3. The zero-order chi connectivity index (χ0) is 23.3. The predicted molar refractivity (Wildman–Crippen MR) is 131 cm³/mol. The summed E-state index contributed by atoms with van der Waals surface area (Å²) in [7, 11) is 0.